The summed E-state index contributed by atoms with van der Waals surface area (Å²) in [5, 5.41) is 8.79. The van der Waals surface area contributed by atoms with Crippen molar-refractivity contribution in [3.63, 3.8) is 0 Å². The lowest BCUT2D eigenvalue weighted by Gasteiger charge is -2.21. The van der Waals surface area contributed by atoms with Crippen LogP contribution in [-0.4, -0.2) is 28.0 Å². The van der Waals surface area contributed by atoms with Gasteiger partial charge in [0.1, 0.15) is 5.69 Å². The number of nitrogens with zero attached hydrogens (tertiary/aromatic N) is 2. The maximum atomic E-state index is 13.1. The van der Waals surface area contributed by atoms with E-state index in [4.69, 9.17) is 34.8 Å². The predicted molar refractivity (Wildman–Crippen MR) is 133 cm³/mol. The van der Waals surface area contributed by atoms with E-state index >= 15 is 0 Å². The van der Waals surface area contributed by atoms with Gasteiger partial charge in [0.05, 0.1) is 16.4 Å². The van der Waals surface area contributed by atoms with Gasteiger partial charge in [-0.15, -0.1) is 0 Å². The minimum Gasteiger partial charge on any atom is -0.349 e. The molecule has 0 atom stereocenters. The molecule has 1 fully saturated rings. The third-order valence-corrected chi connectivity index (χ3v) is 6.86. The van der Waals surface area contributed by atoms with Crippen LogP contribution in [0.2, 0.25) is 15.1 Å². The fraction of sp³-hybridized carbons (Fsp3) is 0.320. The van der Waals surface area contributed by atoms with Crippen LogP contribution in [0, 0.1) is 12.8 Å². The summed E-state index contributed by atoms with van der Waals surface area (Å²) in [6.07, 6.45) is 5.74. The van der Waals surface area contributed by atoms with Crippen molar-refractivity contribution >= 4 is 46.5 Å². The molecule has 0 bridgehead atoms. The second-order valence-corrected chi connectivity index (χ2v) is 9.66. The maximum absolute atomic E-state index is 13.1. The summed E-state index contributed by atoms with van der Waals surface area (Å²) in [7, 11) is 0. The topological polar surface area (TPSA) is 64.0 Å². The third kappa shape index (κ3) is 5.26. The molecular formula is C25H24Cl3N3O2. The minimum absolute atomic E-state index is 0.0899. The summed E-state index contributed by atoms with van der Waals surface area (Å²) in [6.45, 7) is 2.29. The zero-order chi connectivity index (χ0) is 23.5. The summed E-state index contributed by atoms with van der Waals surface area (Å²) in [5.41, 5.74) is 2.67. The van der Waals surface area contributed by atoms with E-state index in [0.717, 1.165) is 18.4 Å². The molecule has 0 spiro atoms. The Morgan fingerprint density at radius 1 is 1.00 bits per heavy atom. The molecule has 1 aliphatic carbocycles. The lowest BCUT2D eigenvalue weighted by atomic mass is 9.89. The van der Waals surface area contributed by atoms with Crippen molar-refractivity contribution in [1.29, 1.82) is 0 Å². The fourth-order valence-electron chi connectivity index (χ4n) is 4.30. The number of nitrogens with one attached hydrogen (secondary N) is 1. The van der Waals surface area contributed by atoms with Crippen LogP contribution in [0.3, 0.4) is 0 Å². The lowest BCUT2D eigenvalue weighted by molar-refractivity contribution is -0.117. The molecule has 172 valence electrons. The van der Waals surface area contributed by atoms with Crippen molar-refractivity contribution in [2.75, 3.05) is 6.54 Å². The summed E-state index contributed by atoms with van der Waals surface area (Å²) in [5.74, 6) is -0.882. The largest absolute Gasteiger partial charge is 0.349 e. The van der Waals surface area contributed by atoms with E-state index in [1.54, 1.807) is 41.9 Å². The summed E-state index contributed by atoms with van der Waals surface area (Å²) >= 11 is 18.6. The Hall–Kier alpha value is -2.34. The molecule has 4 rings (SSSR count). The molecule has 0 unspecified atom stereocenters. The van der Waals surface area contributed by atoms with E-state index in [0.29, 0.717) is 44.5 Å². The monoisotopic (exact) mass is 503 g/mol. The number of Topliss-reactive ketones (excluding diaryl/α,β-unsaturated/α-hetero) is 1. The average Bonchev–Trinajstić information content (AvgIpc) is 3.15. The Balaban J connectivity index is 1.70. The molecule has 1 saturated carbocycles. The highest BCUT2D eigenvalue weighted by Crippen LogP contribution is 2.33. The number of halogens is 3. The molecule has 1 heterocycles. The molecule has 2 aromatic carbocycles. The van der Waals surface area contributed by atoms with Gasteiger partial charge in [0.15, 0.2) is 0 Å². The summed E-state index contributed by atoms with van der Waals surface area (Å²) < 4.78 is 1.58. The zero-order valence-electron chi connectivity index (χ0n) is 18.2. The van der Waals surface area contributed by atoms with E-state index in [1.807, 2.05) is 12.1 Å². The van der Waals surface area contributed by atoms with E-state index < -0.39 is 11.7 Å². The summed E-state index contributed by atoms with van der Waals surface area (Å²) in [4.78, 5) is 25.8. The van der Waals surface area contributed by atoms with Crippen molar-refractivity contribution in [3.8, 4) is 16.9 Å². The van der Waals surface area contributed by atoms with Gasteiger partial charge in [-0.1, -0.05) is 66.2 Å². The quantitative estimate of drug-likeness (QED) is 0.300. The van der Waals surface area contributed by atoms with Crippen molar-refractivity contribution in [2.45, 2.75) is 39.0 Å². The Kier molecular flexibility index (Phi) is 7.42. The number of aromatic nitrogens is 2. The van der Waals surface area contributed by atoms with Crippen LogP contribution in [0.4, 0.5) is 0 Å². The number of amides is 1. The van der Waals surface area contributed by atoms with Gasteiger partial charge in [-0.2, -0.15) is 5.10 Å². The fourth-order valence-corrected chi connectivity index (χ4v) is 4.92. The molecule has 0 aliphatic heterocycles. The highest BCUT2D eigenvalue weighted by atomic mass is 35.5. The van der Waals surface area contributed by atoms with Crippen LogP contribution in [0.5, 0.6) is 0 Å². The van der Waals surface area contributed by atoms with Gasteiger partial charge in [0, 0.05) is 27.7 Å². The summed E-state index contributed by atoms with van der Waals surface area (Å²) in [6, 6.07) is 12.2. The first kappa shape index (κ1) is 23.8. The highest BCUT2D eigenvalue weighted by molar-refractivity contribution is 6.42. The SMILES string of the molecule is Cc1c(C(=O)C(=O)NCC2CCCCC2)nn(-c2ccc(Cl)cc2Cl)c1-c1ccc(Cl)cc1. The molecule has 1 amide bonds. The molecule has 1 aromatic heterocycles. The maximum Gasteiger partial charge on any atom is 0.294 e. The zero-order valence-corrected chi connectivity index (χ0v) is 20.5. The number of carbonyl (C=O) groups excluding carboxylic acids is 2. The smallest absolute Gasteiger partial charge is 0.294 e. The highest BCUT2D eigenvalue weighted by Gasteiger charge is 2.27. The van der Waals surface area contributed by atoms with E-state index in [9.17, 15) is 9.59 Å². The van der Waals surface area contributed by atoms with Crippen molar-refractivity contribution in [2.24, 2.45) is 5.92 Å². The average molecular weight is 505 g/mol. The molecule has 0 radical (unpaired) electrons. The van der Waals surface area contributed by atoms with E-state index in [2.05, 4.69) is 10.4 Å². The number of hydrogen-bond donors (Lipinski definition) is 1. The molecule has 1 aliphatic rings. The Bertz CT molecular complexity index is 1180. The Labute approximate surface area is 208 Å². The molecule has 5 nitrogen and oxygen atoms in total. The molecule has 0 saturated heterocycles. The van der Waals surface area contributed by atoms with Gasteiger partial charge in [-0.25, -0.2) is 4.68 Å². The van der Waals surface area contributed by atoms with Gasteiger partial charge < -0.3 is 5.32 Å². The molecule has 33 heavy (non-hydrogen) atoms. The second kappa shape index (κ2) is 10.3. The van der Waals surface area contributed by atoms with E-state index in [1.165, 1.54) is 19.3 Å². The Morgan fingerprint density at radius 3 is 2.33 bits per heavy atom. The van der Waals surface area contributed by atoms with Crippen molar-refractivity contribution < 1.29 is 9.59 Å². The van der Waals surface area contributed by atoms with Gasteiger partial charge >= 0.3 is 0 Å². The van der Waals surface area contributed by atoms with Crippen molar-refractivity contribution in [1.82, 2.24) is 15.1 Å². The first-order valence-corrected chi connectivity index (χ1v) is 12.1. The number of carbonyl (C=O) groups is 2. The van der Waals surface area contributed by atoms with Crippen LogP contribution in [0.25, 0.3) is 16.9 Å². The third-order valence-electron chi connectivity index (χ3n) is 6.08. The molecular weight excluding hydrogens is 481 g/mol. The van der Waals surface area contributed by atoms with Crippen LogP contribution < -0.4 is 5.32 Å². The lowest BCUT2D eigenvalue weighted by Crippen LogP contribution is -2.35. The predicted octanol–water partition coefficient (Wildman–Crippen LogP) is 6.69. The van der Waals surface area contributed by atoms with Gasteiger partial charge in [0.25, 0.3) is 11.7 Å². The van der Waals surface area contributed by atoms with Gasteiger partial charge in [-0.3, -0.25) is 9.59 Å². The van der Waals surface area contributed by atoms with Gasteiger partial charge in [-0.05, 0) is 56.0 Å². The van der Waals surface area contributed by atoms with Crippen LogP contribution in [0.1, 0.15) is 48.2 Å². The van der Waals surface area contributed by atoms with Crippen LogP contribution in [0.15, 0.2) is 42.5 Å². The molecule has 3 aromatic rings. The molecule has 1 N–H and O–H groups in total. The number of rotatable bonds is 6. The van der Waals surface area contributed by atoms with Crippen molar-refractivity contribution in [3.05, 3.63) is 68.8 Å². The van der Waals surface area contributed by atoms with Gasteiger partial charge in [0.2, 0.25) is 0 Å². The number of ketones is 1. The molecule has 8 heteroatoms. The number of benzene rings is 2. The first-order valence-electron chi connectivity index (χ1n) is 11.0. The number of hydrogen-bond acceptors (Lipinski definition) is 3. The second-order valence-electron chi connectivity index (χ2n) is 8.38. The first-order chi connectivity index (χ1) is 15.8. The van der Waals surface area contributed by atoms with Crippen LogP contribution in [-0.2, 0) is 4.79 Å². The minimum atomic E-state index is -0.664. The van der Waals surface area contributed by atoms with Crippen LogP contribution >= 0.6 is 34.8 Å². The normalized spacial score (nSPS) is 14.3. The standard InChI is InChI=1S/C25H24Cl3N3O2/c1-15-22(24(32)25(33)29-14-16-5-3-2-4-6-16)30-31(21-12-11-19(27)13-20(21)28)23(15)17-7-9-18(26)10-8-17/h7-13,16H,2-6,14H2,1H3,(H,29,33). The van der Waals surface area contributed by atoms with E-state index in [-0.39, 0.29) is 5.69 Å². The Morgan fingerprint density at radius 2 is 1.67 bits per heavy atom.